The second kappa shape index (κ2) is 6.08. The van der Waals surface area contributed by atoms with Crippen LogP contribution in [0.1, 0.15) is 31.7 Å². The molecule has 1 aromatic rings. The van der Waals surface area contributed by atoms with E-state index in [9.17, 15) is 0 Å². The highest BCUT2D eigenvalue weighted by atomic mass is 35.5. The minimum Gasteiger partial charge on any atom is -0.314 e. The molecule has 94 valence electrons. The van der Waals surface area contributed by atoms with Gasteiger partial charge in [0, 0.05) is 16.1 Å². The van der Waals surface area contributed by atoms with Gasteiger partial charge in [-0.05, 0) is 49.9 Å². The van der Waals surface area contributed by atoms with Crippen molar-refractivity contribution in [1.82, 2.24) is 5.32 Å². The van der Waals surface area contributed by atoms with Gasteiger partial charge >= 0.3 is 0 Å². The summed E-state index contributed by atoms with van der Waals surface area (Å²) in [6.07, 6.45) is 5.13. The maximum Gasteiger partial charge on any atom is 0.0453 e. The van der Waals surface area contributed by atoms with Crippen LogP contribution in [0.3, 0.4) is 0 Å². The standard InChI is InChI=1S/C14H19Cl2N/c1-10(8-11-2-3-11)17-7-6-12-4-5-13(15)9-14(12)16/h4-5,9-11,17H,2-3,6-8H2,1H3. The van der Waals surface area contributed by atoms with Crippen molar-refractivity contribution in [1.29, 1.82) is 0 Å². The molecule has 1 N–H and O–H groups in total. The van der Waals surface area contributed by atoms with Gasteiger partial charge in [0.1, 0.15) is 0 Å². The van der Waals surface area contributed by atoms with Crippen LogP contribution in [-0.4, -0.2) is 12.6 Å². The number of benzene rings is 1. The van der Waals surface area contributed by atoms with E-state index in [1.807, 2.05) is 18.2 Å². The summed E-state index contributed by atoms with van der Waals surface area (Å²) in [5.41, 5.74) is 1.17. The average molecular weight is 272 g/mol. The molecule has 0 spiro atoms. The van der Waals surface area contributed by atoms with Crippen LogP contribution in [0, 0.1) is 5.92 Å². The van der Waals surface area contributed by atoms with Gasteiger partial charge in [-0.25, -0.2) is 0 Å². The maximum atomic E-state index is 6.13. The van der Waals surface area contributed by atoms with Crippen LogP contribution in [0.4, 0.5) is 0 Å². The Kier molecular flexibility index (Phi) is 4.72. The lowest BCUT2D eigenvalue weighted by Crippen LogP contribution is -2.28. The van der Waals surface area contributed by atoms with Crippen LogP contribution in [0.2, 0.25) is 10.0 Å². The first-order valence-electron chi connectivity index (χ1n) is 6.32. The molecule has 1 atom stereocenters. The Morgan fingerprint density at radius 3 is 2.76 bits per heavy atom. The summed E-state index contributed by atoms with van der Waals surface area (Å²) in [5, 5.41) is 5.03. The van der Waals surface area contributed by atoms with Gasteiger partial charge in [-0.2, -0.15) is 0 Å². The molecule has 0 radical (unpaired) electrons. The van der Waals surface area contributed by atoms with Crippen LogP contribution >= 0.6 is 23.2 Å². The van der Waals surface area contributed by atoms with E-state index in [-0.39, 0.29) is 0 Å². The molecule has 1 aliphatic rings. The Labute approximate surface area is 114 Å². The van der Waals surface area contributed by atoms with Crippen molar-refractivity contribution in [2.24, 2.45) is 5.92 Å². The molecular formula is C14H19Cl2N. The van der Waals surface area contributed by atoms with Crippen molar-refractivity contribution in [3.63, 3.8) is 0 Å². The molecule has 0 bridgehead atoms. The van der Waals surface area contributed by atoms with Crippen LogP contribution < -0.4 is 5.32 Å². The number of halogens is 2. The zero-order valence-corrected chi connectivity index (χ0v) is 11.7. The minimum atomic E-state index is 0.619. The van der Waals surface area contributed by atoms with Gasteiger partial charge < -0.3 is 5.32 Å². The van der Waals surface area contributed by atoms with E-state index in [1.54, 1.807) is 0 Å². The summed E-state index contributed by atoms with van der Waals surface area (Å²) in [5.74, 6) is 0.983. The van der Waals surface area contributed by atoms with Crippen molar-refractivity contribution < 1.29 is 0 Å². The number of rotatable bonds is 6. The number of hydrogen-bond acceptors (Lipinski definition) is 1. The summed E-state index contributed by atoms with van der Waals surface area (Å²) < 4.78 is 0. The van der Waals surface area contributed by atoms with Gasteiger partial charge in [0.15, 0.2) is 0 Å². The lowest BCUT2D eigenvalue weighted by Gasteiger charge is -2.13. The fraction of sp³-hybridized carbons (Fsp3) is 0.571. The van der Waals surface area contributed by atoms with Crippen LogP contribution in [-0.2, 0) is 6.42 Å². The molecule has 0 aliphatic heterocycles. The third-order valence-corrected chi connectivity index (χ3v) is 3.87. The van der Waals surface area contributed by atoms with Crippen LogP contribution in [0.25, 0.3) is 0 Å². The quantitative estimate of drug-likeness (QED) is 0.813. The van der Waals surface area contributed by atoms with Crippen LogP contribution in [0.15, 0.2) is 18.2 Å². The largest absolute Gasteiger partial charge is 0.314 e. The van der Waals surface area contributed by atoms with Gasteiger partial charge in [0.2, 0.25) is 0 Å². The second-order valence-electron chi connectivity index (χ2n) is 5.02. The van der Waals surface area contributed by atoms with Gasteiger partial charge in [0.25, 0.3) is 0 Å². The Hall–Kier alpha value is -0.240. The Morgan fingerprint density at radius 1 is 1.35 bits per heavy atom. The van der Waals surface area contributed by atoms with E-state index in [2.05, 4.69) is 12.2 Å². The predicted molar refractivity (Wildman–Crippen MR) is 75.0 cm³/mol. The fourth-order valence-electron chi connectivity index (χ4n) is 2.11. The molecule has 0 aromatic heterocycles. The van der Waals surface area contributed by atoms with E-state index in [0.717, 1.165) is 23.9 Å². The van der Waals surface area contributed by atoms with Crippen molar-refractivity contribution in [3.05, 3.63) is 33.8 Å². The highest BCUT2D eigenvalue weighted by Crippen LogP contribution is 2.33. The molecule has 1 fully saturated rings. The Bertz CT molecular complexity index is 374. The van der Waals surface area contributed by atoms with E-state index < -0.39 is 0 Å². The predicted octanol–water partition coefficient (Wildman–Crippen LogP) is 4.31. The molecule has 0 heterocycles. The van der Waals surface area contributed by atoms with E-state index >= 15 is 0 Å². The van der Waals surface area contributed by atoms with Crippen molar-refractivity contribution in [3.8, 4) is 0 Å². The lowest BCUT2D eigenvalue weighted by atomic mass is 10.1. The first-order valence-corrected chi connectivity index (χ1v) is 7.08. The van der Waals surface area contributed by atoms with Gasteiger partial charge in [0.05, 0.1) is 0 Å². The summed E-state index contributed by atoms with van der Waals surface area (Å²) in [4.78, 5) is 0. The monoisotopic (exact) mass is 271 g/mol. The molecule has 0 saturated heterocycles. The van der Waals surface area contributed by atoms with Gasteiger partial charge in [-0.15, -0.1) is 0 Å². The zero-order valence-electron chi connectivity index (χ0n) is 10.2. The molecule has 1 aliphatic carbocycles. The third kappa shape index (κ3) is 4.50. The molecule has 1 aromatic carbocycles. The molecule has 2 rings (SSSR count). The van der Waals surface area contributed by atoms with Gasteiger partial charge in [-0.1, -0.05) is 42.1 Å². The molecule has 1 nitrogen and oxygen atoms in total. The summed E-state index contributed by atoms with van der Waals surface area (Å²) in [7, 11) is 0. The second-order valence-corrected chi connectivity index (χ2v) is 5.86. The zero-order chi connectivity index (χ0) is 12.3. The molecule has 1 unspecified atom stereocenters. The van der Waals surface area contributed by atoms with Crippen molar-refractivity contribution >= 4 is 23.2 Å². The smallest absolute Gasteiger partial charge is 0.0453 e. The first kappa shape index (κ1) is 13.2. The lowest BCUT2D eigenvalue weighted by molar-refractivity contribution is 0.491. The summed E-state index contributed by atoms with van der Waals surface area (Å²) >= 11 is 12.0. The SMILES string of the molecule is CC(CC1CC1)NCCc1ccc(Cl)cc1Cl. The molecular weight excluding hydrogens is 253 g/mol. The normalized spacial score (nSPS) is 17.1. The minimum absolute atomic E-state index is 0.619. The molecule has 0 amide bonds. The first-order chi connectivity index (χ1) is 8.15. The topological polar surface area (TPSA) is 12.0 Å². The number of hydrogen-bond donors (Lipinski definition) is 1. The van der Waals surface area contributed by atoms with E-state index in [0.29, 0.717) is 11.1 Å². The number of nitrogens with one attached hydrogen (secondary N) is 1. The average Bonchev–Trinajstić information content (AvgIpc) is 3.05. The van der Waals surface area contributed by atoms with Crippen molar-refractivity contribution in [2.45, 2.75) is 38.6 Å². The van der Waals surface area contributed by atoms with Crippen LogP contribution in [0.5, 0.6) is 0 Å². The van der Waals surface area contributed by atoms with E-state index in [1.165, 1.54) is 24.8 Å². The third-order valence-electron chi connectivity index (χ3n) is 3.29. The fourth-order valence-corrected chi connectivity index (χ4v) is 2.62. The molecule has 3 heteroatoms. The summed E-state index contributed by atoms with van der Waals surface area (Å²) in [6, 6.07) is 6.34. The van der Waals surface area contributed by atoms with E-state index in [4.69, 9.17) is 23.2 Å². The molecule has 17 heavy (non-hydrogen) atoms. The van der Waals surface area contributed by atoms with Crippen molar-refractivity contribution in [2.75, 3.05) is 6.54 Å². The highest BCUT2D eigenvalue weighted by molar-refractivity contribution is 6.35. The molecule has 1 saturated carbocycles. The highest BCUT2D eigenvalue weighted by Gasteiger charge is 2.23. The maximum absolute atomic E-state index is 6.13. The van der Waals surface area contributed by atoms with Gasteiger partial charge in [-0.3, -0.25) is 0 Å². The Morgan fingerprint density at radius 2 is 2.12 bits per heavy atom. The Balaban J connectivity index is 1.73. The summed E-state index contributed by atoms with van der Waals surface area (Å²) in [6.45, 7) is 3.25.